The molecular weight excluding hydrogens is 276 g/mol. The molecule has 6 nitrogen and oxygen atoms in total. The van der Waals surface area contributed by atoms with E-state index < -0.39 is 5.79 Å². The van der Waals surface area contributed by atoms with Crippen molar-refractivity contribution in [1.82, 2.24) is 5.32 Å². The molecule has 22 heavy (non-hydrogen) atoms. The fourth-order valence-corrected chi connectivity index (χ4v) is 2.32. The first kappa shape index (κ1) is 14.0. The molecule has 0 amide bonds. The summed E-state index contributed by atoms with van der Waals surface area (Å²) in [6, 6.07) is 14.6. The van der Waals surface area contributed by atoms with Gasteiger partial charge in [-0.3, -0.25) is 5.73 Å². The average molecular weight is 294 g/mol. The molecule has 6 heteroatoms. The predicted octanol–water partition coefficient (Wildman–Crippen LogP) is 0.922. The van der Waals surface area contributed by atoms with E-state index in [1.165, 1.54) is 0 Å². The Morgan fingerprint density at radius 2 is 1.36 bits per heavy atom. The first-order valence-corrected chi connectivity index (χ1v) is 6.82. The number of hydrogen-bond donors (Lipinski definition) is 5. The van der Waals surface area contributed by atoms with Crippen molar-refractivity contribution >= 4 is 22.8 Å². The molecule has 2 aromatic rings. The molecule has 0 fully saturated rings. The highest BCUT2D eigenvalue weighted by Gasteiger charge is 2.29. The van der Waals surface area contributed by atoms with Crippen molar-refractivity contribution in [2.24, 2.45) is 16.5 Å². The zero-order valence-electron chi connectivity index (χ0n) is 12.0. The van der Waals surface area contributed by atoms with Crippen LogP contribution in [-0.2, 0) is 5.79 Å². The predicted molar refractivity (Wildman–Crippen MR) is 90.3 cm³/mol. The molecule has 9 N–H and O–H groups in total. The van der Waals surface area contributed by atoms with E-state index in [-0.39, 0.29) is 0 Å². The number of benzene rings is 2. The van der Waals surface area contributed by atoms with Gasteiger partial charge in [0.05, 0.1) is 0 Å². The Morgan fingerprint density at radius 3 is 1.91 bits per heavy atom. The molecule has 0 radical (unpaired) electrons. The number of aliphatic imine (C=N–C) groups is 1. The maximum absolute atomic E-state index is 6.30. The highest BCUT2D eigenvalue weighted by molar-refractivity contribution is 6.22. The van der Waals surface area contributed by atoms with Crippen LogP contribution in [-0.4, -0.2) is 5.84 Å². The van der Waals surface area contributed by atoms with Crippen molar-refractivity contribution in [2.75, 3.05) is 11.5 Å². The van der Waals surface area contributed by atoms with Crippen molar-refractivity contribution in [3.8, 4) is 0 Å². The minimum atomic E-state index is -1.10. The Balaban J connectivity index is 1.93. The Labute approximate surface area is 128 Å². The van der Waals surface area contributed by atoms with Gasteiger partial charge in [0.2, 0.25) is 5.79 Å². The van der Waals surface area contributed by atoms with Gasteiger partial charge in [0.15, 0.2) is 0 Å². The van der Waals surface area contributed by atoms with E-state index in [9.17, 15) is 0 Å². The summed E-state index contributed by atoms with van der Waals surface area (Å²) in [5, 5.41) is 3.10. The summed E-state index contributed by atoms with van der Waals surface area (Å²) >= 11 is 0. The Bertz CT molecular complexity index is 745. The van der Waals surface area contributed by atoms with E-state index >= 15 is 0 Å². The second-order valence-corrected chi connectivity index (χ2v) is 5.21. The molecule has 112 valence electrons. The van der Waals surface area contributed by atoms with Gasteiger partial charge in [-0.05, 0) is 29.8 Å². The molecule has 2 aromatic carbocycles. The maximum Gasteiger partial charge on any atom is 0.211 e. The van der Waals surface area contributed by atoms with E-state index in [1.54, 1.807) is 18.3 Å². The van der Waals surface area contributed by atoms with Crippen LogP contribution in [0.2, 0.25) is 0 Å². The summed E-state index contributed by atoms with van der Waals surface area (Å²) in [6.07, 6.45) is 1.77. The molecule has 0 aromatic heterocycles. The standard InChI is InChI=1S/C16H18N6/c17-12-5-1-10(2-6-12)14-9-21-16(20,22-15(14)19)11-3-7-13(18)8-4-11/h1-9,21H,17-18,20H2,(H2,19,22). The Kier molecular flexibility index (Phi) is 3.23. The van der Waals surface area contributed by atoms with E-state index in [0.29, 0.717) is 17.2 Å². The van der Waals surface area contributed by atoms with Crippen LogP contribution in [0.25, 0.3) is 5.57 Å². The summed E-state index contributed by atoms with van der Waals surface area (Å²) in [6.45, 7) is 0. The number of nitrogens with one attached hydrogen (secondary N) is 1. The van der Waals surface area contributed by atoms with Gasteiger partial charge < -0.3 is 22.5 Å². The lowest BCUT2D eigenvalue weighted by molar-refractivity contribution is 0.411. The average Bonchev–Trinajstić information content (AvgIpc) is 2.49. The zero-order chi connectivity index (χ0) is 15.7. The van der Waals surface area contributed by atoms with Crippen LogP contribution in [0.4, 0.5) is 11.4 Å². The number of nitrogens with two attached hydrogens (primary N) is 4. The van der Waals surface area contributed by atoms with E-state index in [2.05, 4.69) is 10.3 Å². The molecule has 0 aliphatic carbocycles. The highest BCUT2D eigenvalue weighted by atomic mass is 15.3. The molecule has 0 spiro atoms. The smallest absolute Gasteiger partial charge is 0.211 e. The number of amidine groups is 1. The summed E-state index contributed by atoms with van der Waals surface area (Å²) in [4.78, 5) is 4.42. The SMILES string of the molecule is NC1=NC(N)(c2ccc(N)cc2)NC=C1c1ccc(N)cc1. The van der Waals surface area contributed by atoms with Crippen LogP contribution >= 0.6 is 0 Å². The normalized spacial score (nSPS) is 20.8. The molecule has 1 unspecified atom stereocenters. The third-order valence-corrected chi connectivity index (χ3v) is 3.58. The van der Waals surface area contributed by atoms with E-state index in [1.807, 2.05) is 36.4 Å². The van der Waals surface area contributed by atoms with Gasteiger partial charge in [-0.2, -0.15) is 0 Å². The number of nitrogen functional groups attached to an aromatic ring is 2. The van der Waals surface area contributed by atoms with Crippen molar-refractivity contribution in [1.29, 1.82) is 0 Å². The lowest BCUT2D eigenvalue weighted by atomic mass is 10.0. The van der Waals surface area contributed by atoms with E-state index in [4.69, 9.17) is 22.9 Å². The first-order valence-electron chi connectivity index (χ1n) is 6.82. The summed E-state index contributed by atoms with van der Waals surface area (Å²) < 4.78 is 0. The fourth-order valence-electron chi connectivity index (χ4n) is 2.32. The number of rotatable bonds is 2. The second-order valence-electron chi connectivity index (χ2n) is 5.21. The third kappa shape index (κ3) is 2.47. The molecule has 1 aliphatic heterocycles. The van der Waals surface area contributed by atoms with Crippen molar-refractivity contribution < 1.29 is 0 Å². The number of anilines is 2. The number of nitrogens with zero attached hydrogens (tertiary/aromatic N) is 1. The minimum Gasteiger partial charge on any atom is -0.399 e. The lowest BCUT2D eigenvalue weighted by Gasteiger charge is -2.31. The topological polar surface area (TPSA) is 128 Å². The first-order chi connectivity index (χ1) is 10.5. The molecule has 1 heterocycles. The fraction of sp³-hybridized carbons (Fsp3) is 0.0625. The highest BCUT2D eigenvalue weighted by Crippen LogP contribution is 2.25. The van der Waals surface area contributed by atoms with Crippen molar-refractivity contribution in [3.63, 3.8) is 0 Å². The van der Waals surface area contributed by atoms with Crippen LogP contribution in [0.15, 0.2) is 59.7 Å². The third-order valence-electron chi connectivity index (χ3n) is 3.58. The molecule has 3 rings (SSSR count). The van der Waals surface area contributed by atoms with Gasteiger partial charge >= 0.3 is 0 Å². The number of hydrogen-bond acceptors (Lipinski definition) is 6. The van der Waals surface area contributed by atoms with Gasteiger partial charge in [-0.25, -0.2) is 4.99 Å². The van der Waals surface area contributed by atoms with Crippen LogP contribution in [0.1, 0.15) is 11.1 Å². The van der Waals surface area contributed by atoms with Gasteiger partial charge in [-0.15, -0.1) is 0 Å². The largest absolute Gasteiger partial charge is 0.399 e. The summed E-state index contributed by atoms with van der Waals surface area (Å²) in [5.74, 6) is -0.738. The molecule has 1 aliphatic rings. The Morgan fingerprint density at radius 1 is 0.818 bits per heavy atom. The quantitative estimate of drug-likeness (QED) is 0.526. The molecular formula is C16H18N6. The van der Waals surface area contributed by atoms with Crippen LogP contribution in [0.3, 0.4) is 0 Å². The zero-order valence-corrected chi connectivity index (χ0v) is 12.0. The van der Waals surface area contributed by atoms with Gasteiger partial charge in [0, 0.05) is 28.7 Å². The van der Waals surface area contributed by atoms with Crippen molar-refractivity contribution in [2.45, 2.75) is 5.79 Å². The van der Waals surface area contributed by atoms with Gasteiger partial charge in [0.1, 0.15) is 5.84 Å². The summed E-state index contributed by atoms with van der Waals surface area (Å²) in [5.41, 5.74) is 27.6. The molecule has 0 saturated heterocycles. The van der Waals surface area contributed by atoms with E-state index in [0.717, 1.165) is 16.7 Å². The Hall–Kier alpha value is -2.99. The van der Waals surface area contributed by atoms with Crippen LogP contribution in [0, 0.1) is 0 Å². The van der Waals surface area contributed by atoms with Gasteiger partial charge in [0.25, 0.3) is 0 Å². The minimum absolute atomic E-state index is 0.364. The summed E-state index contributed by atoms with van der Waals surface area (Å²) in [7, 11) is 0. The second kappa shape index (κ2) is 5.09. The van der Waals surface area contributed by atoms with Crippen molar-refractivity contribution in [3.05, 3.63) is 65.9 Å². The van der Waals surface area contributed by atoms with Crippen LogP contribution < -0.4 is 28.3 Å². The molecule has 0 saturated carbocycles. The monoisotopic (exact) mass is 294 g/mol. The molecule has 0 bridgehead atoms. The maximum atomic E-state index is 6.30. The molecule has 1 atom stereocenters. The lowest BCUT2D eigenvalue weighted by Crippen LogP contribution is -2.50. The van der Waals surface area contributed by atoms with Crippen LogP contribution in [0.5, 0.6) is 0 Å². The van der Waals surface area contributed by atoms with Gasteiger partial charge in [-0.1, -0.05) is 24.3 Å².